The second-order valence-electron chi connectivity index (χ2n) is 8.27. The molecule has 1 unspecified atom stereocenters. The minimum Gasteiger partial charge on any atom is -0.493 e. The third-order valence-electron chi connectivity index (χ3n) is 5.91. The molecule has 0 saturated carbocycles. The van der Waals surface area contributed by atoms with Crippen molar-refractivity contribution in [3.05, 3.63) is 90.1 Å². The Morgan fingerprint density at radius 3 is 2.29 bits per heavy atom. The smallest absolute Gasteiger partial charge is 0.162 e. The summed E-state index contributed by atoms with van der Waals surface area (Å²) in [4.78, 5) is 17.8. The van der Waals surface area contributed by atoms with Gasteiger partial charge in [-0.15, -0.1) is 0 Å². The third-order valence-corrected chi connectivity index (χ3v) is 6.20. The number of carbonyl (C=O) groups is 1. The molecule has 1 aromatic heterocycles. The first-order valence-corrected chi connectivity index (χ1v) is 11.8. The second-order valence-corrected chi connectivity index (χ2v) is 8.85. The highest BCUT2D eigenvalue weighted by molar-refractivity contribution is 7.80. The van der Waals surface area contributed by atoms with Gasteiger partial charge in [0, 0.05) is 41.3 Å². The van der Waals surface area contributed by atoms with Gasteiger partial charge in [-0.05, 0) is 35.4 Å². The molecule has 0 amide bonds. The number of fused-ring (bicyclic) bond motifs is 1. The molecule has 0 aliphatic carbocycles. The van der Waals surface area contributed by atoms with Gasteiger partial charge in [-0.3, -0.25) is 9.78 Å². The topological polar surface area (TPSA) is 57.7 Å². The van der Waals surface area contributed by atoms with Crippen molar-refractivity contribution in [1.82, 2.24) is 4.98 Å². The SMILES string of the molecule is COc1cc2nccc(Oc3ccc(CC(=S)CC(=O)C(C)c4ccccc4)cc3)c2cc1OC. The van der Waals surface area contributed by atoms with Gasteiger partial charge in [0.1, 0.15) is 17.3 Å². The minimum absolute atomic E-state index is 0.137. The summed E-state index contributed by atoms with van der Waals surface area (Å²) in [6.45, 7) is 1.93. The Bertz CT molecular complexity index is 1340. The number of rotatable bonds is 10. The molecule has 5 nitrogen and oxygen atoms in total. The van der Waals surface area contributed by atoms with E-state index in [4.69, 9.17) is 26.4 Å². The average molecular weight is 486 g/mol. The zero-order chi connectivity index (χ0) is 24.8. The van der Waals surface area contributed by atoms with Crippen molar-refractivity contribution < 1.29 is 19.0 Å². The van der Waals surface area contributed by atoms with Crippen LogP contribution in [0.25, 0.3) is 10.9 Å². The maximum atomic E-state index is 12.7. The summed E-state index contributed by atoms with van der Waals surface area (Å²) in [6, 6.07) is 23.0. The van der Waals surface area contributed by atoms with Crippen LogP contribution >= 0.6 is 12.2 Å². The summed E-state index contributed by atoms with van der Waals surface area (Å²) in [5.74, 6) is 2.55. The van der Waals surface area contributed by atoms with Crippen molar-refractivity contribution in [2.75, 3.05) is 14.2 Å². The van der Waals surface area contributed by atoms with Gasteiger partial charge in [0.2, 0.25) is 0 Å². The molecule has 0 aliphatic rings. The lowest BCUT2D eigenvalue weighted by Gasteiger charge is -2.13. The van der Waals surface area contributed by atoms with E-state index in [1.54, 1.807) is 20.4 Å². The lowest BCUT2D eigenvalue weighted by molar-refractivity contribution is -0.118. The normalized spacial score (nSPS) is 11.6. The van der Waals surface area contributed by atoms with E-state index in [1.165, 1.54) is 0 Å². The van der Waals surface area contributed by atoms with Crippen molar-refractivity contribution in [3.63, 3.8) is 0 Å². The van der Waals surface area contributed by atoms with E-state index >= 15 is 0 Å². The van der Waals surface area contributed by atoms with Crippen molar-refractivity contribution in [3.8, 4) is 23.0 Å². The van der Waals surface area contributed by atoms with Crippen LogP contribution in [0.15, 0.2) is 79.0 Å². The maximum Gasteiger partial charge on any atom is 0.162 e. The molecule has 1 heterocycles. The number of Topliss-reactive ketones (excluding diaryl/α,β-unsaturated/α-hetero) is 1. The molecule has 4 aromatic rings. The highest BCUT2D eigenvalue weighted by Gasteiger charge is 2.17. The first-order chi connectivity index (χ1) is 17.0. The molecule has 0 aliphatic heterocycles. The van der Waals surface area contributed by atoms with Crippen molar-refractivity contribution in [1.29, 1.82) is 0 Å². The molecule has 0 spiro atoms. The summed E-state index contributed by atoms with van der Waals surface area (Å²) >= 11 is 5.54. The predicted molar refractivity (Wildman–Crippen MR) is 142 cm³/mol. The van der Waals surface area contributed by atoms with Gasteiger partial charge in [-0.2, -0.15) is 0 Å². The van der Waals surface area contributed by atoms with E-state index in [9.17, 15) is 4.79 Å². The molecule has 0 bridgehead atoms. The number of pyridine rings is 1. The number of methoxy groups -OCH3 is 2. The van der Waals surface area contributed by atoms with E-state index in [-0.39, 0.29) is 18.1 Å². The number of hydrogen-bond acceptors (Lipinski definition) is 6. The van der Waals surface area contributed by atoms with Gasteiger partial charge in [0.25, 0.3) is 0 Å². The Morgan fingerprint density at radius 1 is 0.914 bits per heavy atom. The maximum absolute atomic E-state index is 12.7. The van der Waals surface area contributed by atoms with Gasteiger partial charge >= 0.3 is 0 Å². The third kappa shape index (κ3) is 5.84. The molecule has 0 saturated heterocycles. The average Bonchev–Trinajstić information content (AvgIpc) is 2.89. The van der Waals surface area contributed by atoms with Crippen LogP contribution in [0.3, 0.4) is 0 Å². The second kappa shape index (κ2) is 11.1. The number of ether oxygens (including phenoxy) is 3. The van der Waals surface area contributed by atoms with Crippen LogP contribution in [-0.2, 0) is 11.2 Å². The van der Waals surface area contributed by atoms with E-state index in [0.29, 0.717) is 29.4 Å². The zero-order valence-corrected chi connectivity index (χ0v) is 20.8. The number of carbonyl (C=O) groups excluding carboxylic acids is 1. The number of thiocarbonyl (C=S) groups is 1. The van der Waals surface area contributed by atoms with Crippen molar-refractivity contribution >= 4 is 33.8 Å². The first-order valence-electron chi connectivity index (χ1n) is 11.4. The van der Waals surface area contributed by atoms with Crippen molar-refractivity contribution in [2.24, 2.45) is 0 Å². The summed E-state index contributed by atoms with van der Waals surface area (Å²) < 4.78 is 16.9. The largest absolute Gasteiger partial charge is 0.493 e. The van der Waals surface area contributed by atoms with Crippen LogP contribution < -0.4 is 14.2 Å². The Kier molecular flexibility index (Phi) is 7.73. The fourth-order valence-electron chi connectivity index (χ4n) is 3.90. The number of ketones is 1. The molecule has 178 valence electrons. The number of hydrogen-bond donors (Lipinski definition) is 0. The molecule has 35 heavy (non-hydrogen) atoms. The molecule has 0 N–H and O–H groups in total. The molecule has 1 atom stereocenters. The predicted octanol–water partition coefficient (Wildman–Crippen LogP) is 6.72. The Labute approximate surface area is 210 Å². The van der Waals surface area contributed by atoms with Gasteiger partial charge in [-0.1, -0.05) is 61.6 Å². The summed E-state index contributed by atoms with van der Waals surface area (Å²) in [7, 11) is 3.19. The molecule has 3 aromatic carbocycles. The Morgan fingerprint density at radius 2 is 1.60 bits per heavy atom. The fraction of sp³-hybridized carbons (Fsp3) is 0.207. The van der Waals surface area contributed by atoms with E-state index in [2.05, 4.69) is 4.98 Å². The quantitative estimate of drug-likeness (QED) is 0.232. The van der Waals surface area contributed by atoms with Crippen LogP contribution in [0.4, 0.5) is 0 Å². The number of nitrogens with zero attached hydrogens (tertiary/aromatic N) is 1. The molecular weight excluding hydrogens is 458 g/mol. The van der Waals surface area contributed by atoms with Crippen LogP contribution in [0.2, 0.25) is 0 Å². The monoisotopic (exact) mass is 485 g/mol. The van der Waals surface area contributed by atoms with Crippen molar-refractivity contribution in [2.45, 2.75) is 25.7 Å². The molecule has 0 radical (unpaired) electrons. The standard InChI is InChI=1S/C29H27NO4S/c1-19(21-7-5-4-6-8-21)26(31)16-23(35)15-20-9-11-22(12-10-20)34-27-13-14-30-25-18-29(33-3)28(32-2)17-24(25)27/h4-14,17-19H,15-16H2,1-3H3. The first kappa shape index (κ1) is 24.4. The van der Waals surface area contributed by atoms with E-state index < -0.39 is 0 Å². The molecule has 0 fully saturated rings. The number of benzene rings is 3. The summed E-state index contributed by atoms with van der Waals surface area (Å²) in [5.41, 5.74) is 2.80. The van der Waals surface area contributed by atoms with E-state index in [1.807, 2.05) is 79.7 Å². The van der Waals surface area contributed by atoms with Gasteiger partial charge in [0.05, 0.1) is 19.7 Å². The van der Waals surface area contributed by atoms with Gasteiger partial charge in [0.15, 0.2) is 11.5 Å². The zero-order valence-electron chi connectivity index (χ0n) is 20.0. The van der Waals surface area contributed by atoms with Crippen LogP contribution in [0.5, 0.6) is 23.0 Å². The fourth-order valence-corrected chi connectivity index (χ4v) is 4.21. The summed E-state index contributed by atoms with van der Waals surface area (Å²) in [5, 5.41) is 0.821. The van der Waals surface area contributed by atoms with E-state index in [0.717, 1.165) is 26.9 Å². The Hall–Kier alpha value is -3.77. The van der Waals surface area contributed by atoms with Crippen LogP contribution in [-0.4, -0.2) is 29.9 Å². The highest BCUT2D eigenvalue weighted by Crippen LogP contribution is 2.36. The summed E-state index contributed by atoms with van der Waals surface area (Å²) in [6.07, 6.45) is 2.56. The lowest BCUT2D eigenvalue weighted by atomic mass is 9.93. The van der Waals surface area contributed by atoms with Gasteiger partial charge < -0.3 is 14.2 Å². The highest BCUT2D eigenvalue weighted by atomic mass is 32.1. The minimum atomic E-state index is -0.168. The number of aromatic nitrogens is 1. The molecule has 4 rings (SSSR count). The van der Waals surface area contributed by atoms with Crippen LogP contribution in [0, 0.1) is 0 Å². The Balaban J connectivity index is 1.42. The van der Waals surface area contributed by atoms with Crippen LogP contribution in [0.1, 0.15) is 30.4 Å². The lowest BCUT2D eigenvalue weighted by Crippen LogP contribution is -2.14. The molecular formula is C29H27NO4S. The van der Waals surface area contributed by atoms with Gasteiger partial charge in [-0.25, -0.2) is 0 Å². The molecule has 6 heteroatoms.